The Bertz CT molecular complexity index is 2700. The van der Waals surface area contributed by atoms with Gasteiger partial charge < -0.3 is 80.9 Å². The Morgan fingerprint density at radius 1 is 0.557 bits per heavy atom. The maximum atomic E-state index is 13.2. The maximum Gasteiger partial charge on any atom is 0.303 e. The molecular weight excluding hydrogens is 1160 g/mol. The van der Waals surface area contributed by atoms with Gasteiger partial charge in [-0.1, -0.05) is 39.3 Å². The first-order valence-electron chi connectivity index (χ1n) is 31.0. The summed E-state index contributed by atoms with van der Waals surface area (Å²) in [5.41, 5.74) is -1.13. The Kier molecular flexibility index (Phi) is 19.4. The van der Waals surface area contributed by atoms with Gasteiger partial charge in [0, 0.05) is 79.6 Å². The highest BCUT2D eigenvalue weighted by Crippen LogP contribution is 2.80. The lowest BCUT2D eigenvalue weighted by Crippen LogP contribution is -2.68. The van der Waals surface area contributed by atoms with Crippen LogP contribution in [0.15, 0.2) is 11.6 Å². The molecule has 25 nitrogen and oxygen atoms in total. The first-order chi connectivity index (χ1) is 41.1. The number of allylic oxidation sites excluding steroid dienone is 1. The van der Waals surface area contributed by atoms with Crippen LogP contribution in [0.25, 0.3) is 0 Å². The van der Waals surface area contributed by atoms with Gasteiger partial charge in [-0.2, -0.15) is 0 Å². The highest BCUT2D eigenvalue weighted by molar-refractivity contribution is 5.70. The van der Waals surface area contributed by atoms with Crippen molar-refractivity contribution in [3.63, 3.8) is 0 Å². The zero-order valence-electron chi connectivity index (χ0n) is 53.6. The Morgan fingerprint density at radius 2 is 1.10 bits per heavy atom. The van der Waals surface area contributed by atoms with Crippen LogP contribution >= 0.6 is 0 Å². The van der Waals surface area contributed by atoms with Crippen molar-refractivity contribution in [2.45, 2.75) is 272 Å². The van der Waals surface area contributed by atoms with Gasteiger partial charge in [0.25, 0.3) is 0 Å². The smallest absolute Gasteiger partial charge is 0.303 e. The van der Waals surface area contributed by atoms with E-state index >= 15 is 0 Å². The molecule has 5 saturated heterocycles. The summed E-state index contributed by atoms with van der Waals surface area (Å²) in [6.45, 7) is 25.2. The molecule has 9 aliphatic rings. The third kappa shape index (κ3) is 12.8. The van der Waals surface area contributed by atoms with Crippen molar-refractivity contribution in [2.75, 3.05) is 19.8 Å². The quantitative estimate of drug-likeness (QED) is 0.0855. The van der Waals surface area contributed by atoms with Crippen LogP contribution < -0.4 is 0 Å². The van der Waals surface area contributed by atoms with Gasteiger partial charge in [-0.25, -0.2) is 0 Å². The van der Waals surface area contributed by atoms with Gasteiger partial charge >= 0.3 is 47.8 Å². The summed E-state index contributed by atoms with van der Waals surface area (Å²) < 4.78 is 100. The number of fused-ring (bicyclic) bond motifs is 4. The molecule has 25 heteroatoms. The van der Waals surface area contributed by atoms with E-state index in [4.69, 9.17) is 75.8 Å². The van der Waals surface area contributed by atoms with Crippen LogP contribution in [0.4, 0.5) is 0 Å². The van der Waals surface area contributed by atoms with Crippen molar-refractivity contribution in [1.82, 2.24) is 0 Å². The number of rotatable bonds is 16. The van der Waals surface area contributed by atoms with Gasteiger partial charge in [-0.3, -0.25) is 38.4 Å². The molecule has 2 bridgehead atoms. The van der Waals surface area contributed by atoms with Crippen LogP contribution in [0.3, 0.4) is 0 Å². The summed E-state index contributed by atoms with van der Waals surface area (Å²) in [5.74, 6) is -7.32. The van der Waals surface area contributed by atoms with Crippen molar-refractivity contribution in [3.8, 4) is 0 Å². The number of ether oxygens (including phenoxy) is 16. The minimum Gasteiger partial charge on any atom is -0.463 e. The molecule has 494 valence electrons. The first-order valence-corrected chi connectivity index (χ1v) is 31.0. The Labute approximate surface area is 514 Å². The highest BCUT2D eigenvalue weighted by atomic mass is 16.8. The molecular formula is C63H92O25. The molecule has 88 heavy (non-hydrogen) atoms. The fourth-order valence-corrected chi connectivity index (χ4v) is 18.1. The van der Waals surface area contributed by atoms with E-state index in [9.17, 15) is 43.5 Å². The van der Waals surface area contributed by atoms with E-state index in [0.717, 1.165) is 93.1 Å². The largest absolute Gasteiger partial charge is 0.463 e. The molecule has 9 fully saturated rings. The minimum atomic E-state index is -1.87. The number of aliphatic hydroxyl groups is 1. The lowest BCUT2D eigenvalue weighted by molar-refractivity contribution is -0.388. The van der Waals surface area contributed by atoms with Gasteiger partial charge in [0.1, 0.15) is 24.9 Å². The molecule has 5 heterocycles. The molecule has 0 amide bonds. The van der Waals surface area contributed by atoms with Crippen LogP contribution in [-0.2, 0) is 114 Å². The molecule has 25 atom stereocenters. The van der Waals surface area contributed by atoms with Crippen LogP contribution in [0.1, 0.15) is 162 Å². The molecule has 0 aromatic heterocycles. The number of hydrogen-bond donors (Lipinski definition) is 1. The average molecular weight is 1250 g/mol. The molecule has 0 aromatic rings. The molecule has 2 spiro atoms. The van der Waals surface area contributed by atoms with Crippen LogP contribution in [0, 0.1) is 45.3 Å². The summed E-state index contributed by atoms with van der Waals surface area (Å²) in [4.78, 5) is 103. The fourth-order valence-electron chi connectivity index (χ4n) is 18.1. The lowest BCUT2D eigenvalue weighted by atomic mass is 9.35. The van der Waals surface area contributed by atoms with E-state index in [1.165, 1.54) is 6.92 Å². The minimum absolute atomic E-state index is 0.0752. The van der Waals surface area contributed by atoms with E-state index in [1.54, 1.807) is 0 Å². The van der Waals surface area contributed by atoms with E-state index in [1.807, 2.05) is 20.8 Å². The molecule has 5 aliphatic heterocycles. The zero-order valence-corrected chi connectivity index (χ0v) is 53.6. The summed E-state index contributed by atoms with van der Waals surface area (Å²) in [6, 6.07) is 0. The predicted octanol–water partition coefficient (Wildman–Crippen LogP) is 5.56. The Hall–Kier alpha value is -4.86. The van der Waals surface area contributed by atoms with Gasteiger partial charge in [0.2, 0.25) is 0 Å². The summed E-state index contributed by atoms with van der Waals surface area (Å²) in [6.07, 6.45) is -14.8. The Balaban J connectivity index is 1.09. The summed E-state index contributed by atoms with van der Waals surface area (Å²) in [7, 11) is 0. The van der Waals surface area contributed by atoms with Crippen LogP contribution in [0.5, 0.6) is 0 Å². The normalized spacial score (nSPS) is 44.6. The van der Waals surface area contributed by atoms with Crippen molar-refractivity contribution in [2.24, 2.45) is 45.3 Å². The Morgan fingerprint density at radius 3 is 1.68 bits per heavy atom. The van der Waals surface area contributed by atoms with E-state index in [-0.39, 0.29) is 46.0 Å². The van der Waals surface area contributed by atoms with E-state index in [0.29, 0.717) is 25.9 Å². The van der Waals surface area contributed by atoms with Gasteiger partial charge in [0.05, 0.1) is 37.1 Å². The summed E-state index contributed by atoms with van der Waals surface area (Å²) >= 11 is 0. The maximum absolute atomic E-state index is 13.2. The third-order valence-electron chi connectivity index (χ3n) is 20.9. The lowest BCUT2D eigenvalue weighted by Gasteiger charge is -2.70. The van der Waals surface area contributed by atoms with Crippen molar-refractivity contribution < 1.29 is 119 Å². The molecule has 1 N–H and O–H groups in total. The predicted molar refractivity (Wildman–Crippen MR) is 300 cm³/mol. The molecule has 0 radical (unpaired) electrons. The standard InChI is InChI=1S/C63H92O25/c1-29(2)23-39-24-61(16,72)54-40-17-18-44-59(14)21-20-45(58(12,13)43(59)19-22-60(44,15)62(40)27-63(54,88-39)75-28-62)85-55-51(87-56-52(82-37(10)70)49(80-35(8)68)46(30(3)76-56)78-33(6)66)48(41(26-74-55)77-32(5)65)86-57-53(83-38(11)71)50(81-36(9)69)47(79-34(7)67)42(84-57)25-73-31(4)64/h23,30,39-57,72H,17-22,24-28H2,1-16H3/t30-,39+,40?,41-,42-,43?,44-,45+,46-,47-,48-,49+,50+,51+,52-,53-,54?,55+,56-,57+,59+,60-,61+,62+,63+/m1/s1. The number of carbonyl (C=O) groups excluding carboxylic acids is 8. The van der Waals surface area contributed by atoms with E-state index < -0.39 is 170 Å². The van der Waals surface area contributed by atoms with Gasteiger partial charge in [-0.15, -0.1) is 0 Å². The van der Waals surface area contributed by atoms with Crippen molar-refractivity contribution >= 4 is 47.8 Å². The van der Waals surface area contributed by atoms with E-state index in [2.05, 4.69) is 33.8 Å². The van der Waals surface area contributed by atoms with Crippen molar-refractivity contribution in [3.05, 3.63) is 11.6 Å². The fraction of sp³-hybridized carbons (Fsp3) is 0.841. The topological polar surface area (TPSA) is 304 Å². The number of carbonyl (C=O) groups is 8. The van der Waals surface area contributed by atoms with Gasteiger partial charge in [-0.05, 0) is 100 Å². The number of hydrogen-bond acceptors (Lipinski definition) is 25. The average Bonchev–Trinajstić information content (AvgIpc) is 1.84. The number of esters is 8. The highest BCUT2D eigenvalue weighted by Gasteiger charge is 2.81. The second kappa shape index (κ2) is 25.3. The molecule has 4 saturated carbocycles. The van der Waals surface area contributed by atoms with Crippen LogP contribution in [-0.4, -0.2) is 182 Å². The van der Waals surface area contributed by atoms with Crippen molar-refractivity contribution in [1.29, 1.82) is 0 Å². The molecule has 9 rings (SSSR count). The second-order valence-corrected chi connectivity index (χ2v) is 27.7. The summed E-state index contributed by atoms with van der Waals surface area (Å²) in [5, 5.41) is 12.4. The molecule has 3 unspecified atom stereocenters. The molecule has 0 aromatic carbocycles. The van der Waals surface area contributed by atoms with Crippen LogP contribution in [0.2, 0.25) is 0 Å². The third-order valence-corrected chi connectivity index (χ3v) is 20.9. The SMILES string of the molecule is CC(=O)OC[C@H]1O[C@@H](O[C@H]2[C@H](O[C@H]3O[C@H](C)[C@@H](OC(C)=O)[C@H](OC(C)=O)[C@H]3OC(C)=O)[C@H](O[C@H]3CC[C@@]4(C)C(CC[C@]5(C)[C@@H]4CCC4C6[C@]7(C[C@]45CO7)O[C@@H](C=C(C)C)C[C@]6(C)O)C3(C)C)OC[C@H]2OC(C)=O)[C@H](OC(C)=O)[C@@H](OC(C)=O)[C@@H]1OC(C)=O. The van der Waals surface area contributed by atoms with Gasteiger partial charge in [0.15, 0.2) is 67.4 Å². The molecule has 4 aliphatic carbocycles. The second-order valence-electron chi connectivity index (χ2n) is 27.7. The zero-order chi connectivity index (χ0) is 64.5. The monoisotopic (exact) mass is 1250 g/mol. The first kappa shape index (κ1) is 67.5.